The maximum absolute atomic E-state index is 13.1. The lowest BCUT2D eigenvalue weighted by Crippen LogP contribution is -2.49. The molecule has 1 aromatic rings. The Morgan fingerprint density at radius 1 is 1.10 bits per heavy atom. The van der Waals surface area contributed by atoms with E-state index in [1.807, 2.05) is 0 Å². The Morgan fingerprint density at radius 2 is 1.86 bits per heavy atom. The molecule has 2 bridgehead atoms. The summed E-state index contributed by atoms with van der Waals surface area (Å²) in [4.78, 5) is 44.9. The van der Waals surface area contributed by atoms with Crippen molar-refractivity contribution in [3.8, 4) is 11.6 Å². The van der Waals surface area contributed by atoms with Gasteiger partial charge in [-0.15, -0.1) is 0 Å². The van der Waals surface area contributed by atoms with Gasteiger partial charge in [-0.05, 0) is 0 Å². The molecule has 0 spiro atoms. The molecule has 10 heteroatoms. The summed E-state index contributed by atoms with van der Waals surface area (Å²) in [5.74, 6) is -2.03. The topological polar surface area (TPSA) is 108 Å². The number of morpholine rings is 1. The zero-order chi connectivity index (χ0) is 20.4. The summed E-state index contributed by atoms with van der Waals surface area (Å²) in [6.07, 6.45) is 2.19. The second kappa shape index (κ2) is 8.18. The molecule has 3 aliphatic rings. The lowest BCUT2D eigenvalue weighted by Gasteiger charge is -2.33. The van der Waals surface area contributed by atoms with Crippen LogP contribution >= 0.6 is 0 Å². The van der Waals surface area contributed by atoms with Gasteiger partial charge in [-0.3, -0.25) is 9.69 Å². The number of carbonyl (C=O) groups is 3. The first kappa shape index (κ1) is 19.3. The van der Waals surface area contributed by atoms with E-state index >= 15 is 0 Å². The monoisotopic (exact) mass is 403 g/mol. The maximum Gasteiger partial charge on any atom is 0.336 e. The number of likely N-dealkylation sites (N-methyl/N-ethyl adjacent to an activating group) is 1. The Balaban J connectivity index is 1.69. The van der Waals surface area contributed by atoms with Crippen molar-refractivity contribution in [2.75, 3.05) is 39.9 Å². The summed E-state index contributed by atoms with van der Waals surface area (Å²) in [7, 11) is 1.51. The fourth-order valence-corrected chi connectivity index (χ4v) is 3.47. The molecule has 1 aromatic heterocycles. The maximum atomic E-state index is 13.1. The third-order valence-corrected chi connectivity index (χ3v) is 5.01. The summed E-state index contributed by atoms with van der Waals surface area (Å²) < 4.78 is 22.1. The second-order valence-electron chi connectivity index (χ2n) is 6.89. The van der Waals surface area contributed by atoms with Crippen molar-refractivity contribution in [1.29, 1.82) is 0 Å². The number of ether oxygens (including phenoxy) is 4. The van der Waals surface area contributed by atoms with Crippen LogP contribution in [0.2, 0.25) is 0 Å². The number of fused-ring (bicyclic) bond motifs is 2. The van der Waals surface area contributed by atoms with Crippen molar-refractivity contribution in [2.24, 2.45) is 0 Å². The number of rotatable bonds is 3. The van der Waals surface area contributed by atoms with Gasteiger partial charge in [0.05, 0.1) is 13.2 Å². The summed E-state index contributed by atoms with van der Waals surface area (Å²) in [5, 5.41) is 0. The highest BCUT2D eigenvalue weighted by atomic mass is 16.6. The highest BCUT2D eigenvalue weighted by Crippen LogP contribution is 2.34. The minimum Gasteiger partial charge on any atom is -0.468 e. The van der Waals surface area contributed by atoms with E-state index in [1.165, 1.54) is 24.2 Å². The number of nitrogens with zero attached hydrogens (tertiary/aromatic N) is 3. The van der Waals surface area contributed by atoms with Crippen molar-refractivity contribution in [3.63, 3.8) is 0 Å². The predicted molar refractivity (Wildman–Crippen MR) is 97.3 cm³/mol. The van der Waals surface area contributed by atoms with E-state index in [4.69, 9.17) is 18.9 Å². The molecule has 2 unspecified atom stereocenters. The average molecular weight is 403 g/mol. The van der Waals surface area contributed by atoms with Gasteiger partial charge in [-0.1, -0.05) is 0 Å². The molecule has 154 valence electrons. The Bertz CT molecular complexity index is 850. The van der Waals surface area contributed by atoms with E-state index in [0.717, 1.165) is 25.2 Å². The van der Waals surface area contributed by atoms with Gasteiger partial charge in [-0.25, -0.2) is 14.6 Å². The van der Waals surface area contributed by atoms with E-state index in [1.54, 1.807) is 0 Å². The summed E-state index contributed by atoms with van der Waals surface area (Å²) in [6.45, 7) is 3.58. The highest BCUT2D eigenvalue weighted by Gasteiger charge is 2.41. The van der Waals surface area contributed by atoms with E-state index in [0.29, 0.717) is 26.2 Å². The molecule has 4 heterocycles. The largest absolute Gasteiger partial charge is 0.468 e. The molecule has 10 nitrogen and oxygen atoms in total. The molecule has 2 atom stereocenters. The normalized spacial score (nSPS) is 26.1. The minimum atomic E-state index is -0.990. The summed E-state index contributed by atoms with van der Waals surface area (Å²) in [6, 6.07) is 1.41. The summed E-state index contributed by atoms with van der Waals surface area (Å²) in [5.41, 5.74) is 0.0218. The zero-order valence-corrected chi connectivity index (χ0v) is 15.9. The molecule has 1 amide bonds. The fraction of sp³-hybridized carbons (Fsp3) is 0.474. The van der Waals surface area contributed by atoms with Gasteiger partial charge in [0.2, 0.25) is 12.1 Å². The molecule has 0 saturated carbocycles. The lowest BCUT2D eigenvalue weighted by atomic mass is 10.2. The molecule has 0 N–H and O–H groups in total. The Kier molecular flexibility index (Phi) is 5.45. The van der Waals surface area contributed by atoms with Crippen LogP contribution in [0.25, 0.3) is 0 Å². The summed E-state index contributed by atoms with van der Waals surface area (Å²) >= 11 is 0. The van der Waals surface area contributed by atoms with Crippen LogP contribution < -0.4 is 9.47 Å². The van der Waals surface area contributed by atoms with Gasteiger partial charge in [-0.2, -0.15) is 0 Å². The van der Waals surface area contributed by atoms with Crippen molar-refractivity contribution in [1.82, 2.24) is 14.8 Å². The van der Waals surface area contributed by atoms with Crippen LogP contribution in [0.4, 0.5) is 0 Å². The van der Waals surface area contributed by atoms with Gasteiger partial charge in [0.25, 0.3) is 5.91 Å². The minimum absolute atomic E-state index is 0.0171. The Labute approximate surface area is 167 Å². The van der Waals surface area contributed by atoms with Crippen LogP contribution in [0, 0.1) is 0 Å². The molecule has 0 aliphatic carbocycles. The van der Waals surface area contributed by atoms with Gasteiger partial charge in [0.15, 0.2) is 11.9 Å². The van der Waals surface area contributed by atoms with Crippen LogP contribution in [-0.4, -0.2) is 84.9 Å². The number of amides is 1. The van der Waals surface area contributed by atoms with Crippen LogP contribution in [0.1, 0.15) is 16.8 Å². The highest BCUT2D eigenvalue weighted by molar-refractivity contribution is 6.01. The number of pyridine rings is 1. The third kappa shape index (κ3) is 4.08. The molecular formula is C19H21N3O7. The standard InChI is InChI=1S/C19H21N3O7/c1-21-18(25)16-12-4-6-20-17(16)28-13(5-7-22-8-10-26-11-9-22)19(21)29-15(24)3-2-14(23)27-12/h2-4,6,13,19H,5,7-11H2,1H3/b3-2-. The zero-order valence-electron chi connectivity index (χ0n) is 15.9. The molecule has 4 rings (SSSR count). The Morgan fingerprint density at radius 3 is 2.66 bits per heavy atom. The molecule has 0 radical (unpaired) electrons. The molecule has 29 heavy (non-hydrogen) atoms. The number of esters is 2. The first-order valence-corrected chi connectivity index (χ1v) is 9.36. The number of carbonyl (C=O) groups excluding carboxylic acids is 3. The predicted octanol–water partition coefficient (Wildman–Crippen LogP) is -0.0186. The first-order chi connectivity index (χ1) is 14.0. The van der Waals surface area contributed by atoms with Crippen molar-refractivity contribution < 1.29 is 33.3 Å². The van der Waals surface area contributed by atoms with E-state index in [-0.39, 0.29) is 17.2 Å². The van der Waals surface area contributed by atoms with Gasteiger partial charge < -0.3 is 23.8 Å². The molecule has 1 fully saturated rings. The van der Waals surface area contributed by atoms with E-state index in [2.05, 4.69) is 9.88 Å². The van der Waals surface area contributed by atoms with Gasteiger partial charge in [0.1, 0.15) is 5.56 Å². The molecule has 0 aromatic carbocycles. The van der Waals surface area contributed by atoms with Gasteiger partial charge >= 0.3 is 11.9 Å². The van der Waals surface area contributed by atoms with E-state index in [9.17, 15) is 14.4 Å². The smallest absolute Gasteiger partial charge is 0.336 e. The average Bonchev–Trinajstić information content (AvgIpc) is 2.82. The first-order valence-electron chi connectivity index (χ1n) is 9.36. The third-order valence-electron chi connectivity index (χ3n) is 5.01. The van der Waals surface area contributed by atoms with Gasteiger partial charge in [0, 0.05) is 57.5 Å². The number of hydrogen-bond acceptors (Lipinski definition) is 9. The molecule has 1 saturated heterocycles. The number of aromatic nitrogens is 1. The van der Waals surface area contributed by atoms with Crippen molar-refractivity contribution in [2.45, 2.75) is 18.8 Å². The lowest BCUT2D eigenvalue weighted by molar-refractivity contribution is -0.158. The molecule has 3 aliphatic heterocycles. The van der Waals surface area contributed by atoms with Crippen molar-refractivity contribution >= 4 is 17.8 Å². The SMILES string of the molecule is CN1C(=O)c2c3ccnc2OC(CCN2CCOCC2)C1OC(=O)/C=C\C(=O)O3. The van der Waals surface area contributed by atoms with Crippen molar-refractivity contribution in [3.05, 3.63) is 30.0 Å². The Hall–Kier alpha value is -2.98. The van der Waals surface area contributed by atoms with Crippen LogP contribution in [0.15, 0.2) is 24.4 Å². The van der Waals surface area contributed by atoms with Crippen LogP contribution in [0.5, 0.6) is 11.6 Å². The fourth-order valence-electron chi connectivity index (χ4n) is 3.47. The quantitative estimate of drug-likeness (QED) is 0.644. The second-order valence-corrected chi connectivity index (χ2v) is 6.89. The molecular weight excluding hydrogens is 382 g/mol. The van der Waals surface area contributed by atoms with Crippen LogP contribution in [-0.2, 0) is 19.1 Å². The van der Waals surface area contributed by atoms with Crippen LogP contribution in [0.3, 0.4) is 0 Å². The van der Waals surface area contributed by atoms with E-state index < -0.39 is 30.2 Å². The number of hydrogen-bond donors (Lipinski definition) is 0.